The van der Waals surface area contributed by atoms with E-state index in [4.69, 9.17) is 0 Å². The summed E-state index contributed by atoms with van der Waals surface area (Å²) in [7, 11) is 0. The van der Waals surface area contributed by atoms with Crippen molar-refractivity contribution < 1.29 is 22.0 Å². The highest BCUT2D eigenvalue weighted by Gasteiger charge is 2.46. The molecule has 0 aromatic heterocycles. The summed E-state index contributed by atoms with van der Waals surface area (Å²) in [6, 6.07) is 1.76. The van der Waals surface area contributed by atoms with Gasteiger partial charge in [0.1, 0.15) is 12.3 Å². The number of halogens is 5. The molecule has 2 fully saturated rings. The molecule has 0 spiro atoms. The summed E-state index contributed by atoms with van der Waals surface area (Å²) in [6.45, 7) is 2.02. The van der Waals surface area contributed by atoms with Crippen molar-refractivity contribution in [2.24, 2.45) is 17.8 Å². The maximum atomic E-state index is 14.8. The third kappa shape index (κ3) is 3.18. The lowest BCUT2D eigenvalue weighted by molar-refractivity contribution is 0.178. The third-order valence-corrected chi connectivity index (χ3v) is 5.94. The minimum absolute atomic E-state index is 0.00769. The SMILES string of the molecule is CCCC1CC2CC(F)C(c3cc(F)c(F)c(F)c3)CCC2C1F. The van der Waals surface area contributed by atoms with Crippen LogP contribution in [-0.4, -0.2) is 12.3 Å². The van der Waals surface area contributed by atoms with E-state index in [0.29, 0.717) is 19.3 Å². The molecule has 0 radical (unpaired) electrons. The van der Waals surface area contributed by atoms with Crippen molar-refractivity contribution in [3.05, 3.63) is 35.1 Å². The Morgan fingerprint density at radius 3 is 2.29 bits per heavy atom. The Bertz CT molecular complexity index is 564. The van der Waals surface area contributed by atoms with Gasteiger partial charge in [0.15, 0.2) is 17.5 Å². The number of alkyl halides is 2. The standard InChI is InChI=1S/C19H23F5/c1-2-3-10-6-11-7-15(20)13(4-5-14(11)18(10)23)12-8-16(21)19(24)17(22)9-12/h8-11,13-15,18H,2-7H2,1H3. The second kappa shape index (κ2) is 7.01. The van der Waals surface area contributed by atoms with Gasteiger partial charge in [-0.1, -0.05) is 13.3 Å². The smallest absolute Gasteiger partial charge is 0.194 e. The van der Waals surface area contributed by atoms with Crippen LogP contribution in [0, 0.1) is 35.2 Å². The van der Waals surface area contributed by atoms with E-state index in [1.54, 1.807) is 0 Å². The van der Waals surface area contributed by atoms with Crippen molar-refractivity contribution in [1.29, 1.82) is 0 Å². The van der Waals surface area contributed by atoms with Gasteiger partial charge in [-0.25, -0.2) is 22.0 Å². The summed E-state index contributed by atoms with van der Waals surface area (Å²) in [5.74, 6) is -5.00. The Kier molecular flexibility index (Phi) is 5.16. The first-order chi connectivity index (χ1) is 11.4. The summed E-state index contributed by atoms with van der Waals surface area (Å²) >= 11 is 0. The van der Waals surface area contributed by atoms with E-state index in [9.17, 15) is 22.0 Å². The Morgan fingerprint density at radius 1 is 1.00 bits per heavy atom. The van der Waals surface area contributed by atoms with Gasteiger partial charge in [-0.15, -0.1) is 0 Å². The van der Waals surface area contributed by atoms with Crippen molar-refractivity contribution in [3.63, 3.8) is 0 Å². The van der Waals surface area contributed by atoms with Gasteiger partial charge in [0, 0.05) is 5.92 Å². The van der Waals surface area contributed by atoms with Gasteiger partial charge < -0.3 is 0 Å². The molecular formula is C19H23F5. The molecule has 0 saturated heterocycles. The van der Waals surface area contributed by atoms with Gasteiger partial charge in [-0.2, -0.15) is 0 Å². The molecule has 1 aromatic rings. The molecular weight excluding hydrogens is 323 g/mol. The lowest BCUT2D eigenvalue weighted by Gasteiger charge is -2.21. The summed E-state index contributed by atoms with van der Waals surface area (Å²) < 4.78 is 69.4. The Labute approximate surface area is 139 Å². The monoisotopic (exact) mass is 346 g/mol. The number of fused-ring (bicyclic) bond motifs is 1. The van der Waals surface area contributed by atoms with Crippen LogP contribution in [0.5, 0.6) is 0 Å². The molecule has 24 heavy (non-hydrogen) atoms. The molecule has 5 heteroatoms. The maximum absolute atomic E-state index is 14.8. The summed E-state index contributed by atoms with van der Waals surface area (Å²) in [5, 5.41) is 0. The lowest BCUT2D eigenvalue weighted by atomic mass is 9.88. The van der Waals surface area contributed by atoms with Crippen LogP contribution in [0.1, 0.15) is 56.9 Å². The Balaban J connectivity index is 1.79. The second-order valence-electron chi connectivity index (χ2n) is 7.39. The topological polar surface area (TPSA) is 0 Å². The molecule has 0 aliphatic heterocycles. The van der Waals surface area contributed by atoms with E-state index >= 15 is 0 Å². The quantitative estimate of drug-likeness (QED) is 0.458. The van der Waals surface area contributed by atoms with Gasteiger partial charge in [0.2, 0.25) is 0 Å². The van der Waals surface area contributed by atoms with Crippen LogP contribution >= 0.6 is 0 Å². The Hall–Kier alpha value is -1.13. The lowest BCUT2D eigenvalue weighted by Crippen LogP contribution is -2.18. The molecule has 0 N–H and O–H groups in total. The van der Waals surface area contributed by atoms with E-state index in [1.165, 1.54) is 0 Å². The predicted octanol–water partition coefficient (Wildman–Crippen LogP) is 6.10. The average molecular weight is 346 g/mol. The molecule has 3 rings (SSSR count). The van der Waals surface area contributed by atoms with Crippen LogP contribution in [0.3, 0.4) is 0 Å². The van der Waals surface area contributed by atoms with E-state index in [0.717, 1.165) is 25.0 Å². The molecule has 6 atom stereocenters. The van der Waals surface area contributed by atoms with E-state index in [1.807, 2.05) is 6.92 Å². The van der Waals surface area contributed by atoms with Gasteiger partial charge in [-0.3, -0.25) is 0 Å². The third-order valence-electron chi connectivity index (χ3n) is 5.94. The average Bonchev–Trinajstić information content (AvgIpc) is 2.72. The molecule has 2 aliphatic carbocycles. The molecule has 0 bridgehead atoms. The van der Waals surface area contributed by atoms with Crippen molar-refractivity contribution >= 4 is 0 Å². The van der Waals surface area contributed by atoms with E-state index in [-0.39, 0.29) is 29.7 Å². The highest BCUT2D eigenvalue weighted by Crippen LogP contribution is 2.50. The van der Waals surface area contributed by atoms with Crippen LogP contribution < -0.4 is 0 Å². The number of hydrogen-bond acceptors (Lipinski definition) is 0. The fourth-order valence-corrected chi connectivity index (χ4v) is 4.79. The van der Waals surface area contributed by atoms with Gasteiger partial charge >= 0.3 is 0 Å². The van der Waals surface area contributed by atoms with E-state index in [2.05, 4.69) is 0 Å². The van der Waals surface area contributed by atoms with Crippen LogP contribution in [0.25, 0.3) is 0 Å². The molecule has 0 nitrogen and oxygen atoms in total. The highest BCUT2D eigenvalue weighted by molar-refractivity contribution is 5.25. The van der Waals surface area contributed by atoms with Crippen LogP contribution in [0.2, 0.25) is 0 Å². The van der Waals surface area contributed by atoms with E-state index < -0.39 is 35.7 Å². The van der Waals surface area contributed by atoms with Crippen LogP contribution in [-0.2, 0) is 0 Å². The Morgan fingerprint density at radius 2 is 1.67 bits per heavy atom. The normalized spacial score (nSPS) is 36.4. The molecule has 0 amide bonds. The number of benzene rings is 1. The fourth-order valence-electron chi connectivity index (χ4n) is 4.79. The minimum Gasteiger partial charge on any atom is -0.247 e. The van der Waals surface area contributed by atoms with Crippen molar-refractivity contribution in [3.8, 4) is 0 Å². The first kappa shape index (κ1) is 17.7. The summed E-state index contributed by atoms with van der Waals surface area (Å²) in [5.41, 5.74) is 0.138. The highest BCUT2D eigenvalue weighted by atomic mass is 19.2. The molecule has 0 heterocycles. The fraction of sp³-hybridized carbons (Fsp3) is 0.684. The first-order valence-corrected chi connectivity index (χ1v) is 8.84. The van der Waals surface area contributed by atoms with Crippen molar-refractivity contribution in [1.82, 2.24) is 0 Å². The molecule has 6 unspecified atom stereocenters. The molecule has 2 saturated carbocycles. The number of hydrogen-bond donors (Lipinski definition) is 0. The zero-order valence-electron chi connectivity index (χ0n) is 13.8. The predicted molar refractivity (Wildman–Crippen MR) is 82.7 cm³/mol. The number of rotatable bonds is 3. The minimum atomic E-state index is -1.54. The maximum Gasteiger partial charge on any atom is 0.194 e. The van der Waals surface area contributed by atoms with Crippen LogP contribution in [0.4, 0.5) is 22.0 Å². The van der Waals surface area contributed by atoms with Crippen molar-refractivity contribution in [2.75, 3.05) is 0 Å². The van der Waals surface area contributed by atoms with Crippen LogP contribution in [0.15, 0.2) is 12.1 Å². The second-order valence-corrected chi connectivity index (χ2v) is 7.39. The van der Waals surface area contributed by atoms with Gasteiger partial charge in [0.25, 0.3) is 0 Å². The molecule has 2 aliphatic rings. The van der Waals surface area contributed by atoms with Gasteiger partial charge in [0.05, 0.1) is 0 Å². The van der Waals surface area contributed by atoms with Gasteiger partial charge in [-0.05, 0) is 67.6 Å². The molecule has 134 valence electrons. The van der Waals surface area contributed by atoms with Crippen molar-refractivity contribution in [2.45, 2.75) is 63.7 Å². The summed E-state index contributed by atoms with van der Waals surface area (Å²) in [4.78, 5) is 0. The molecule has 1 aromatic carbocycles. The zero-order valence-corrected chi connectivity index (χ0v) is 13.8. The zero-order chi connectivity index (χ0) is 17.4. The largest absolute Gasteiger partial charge is 0.247 e. The first-order valence-electron chi connectivity index (χ1n) is 8.84. The summed E-state index contributed by atoms with van der Waals surface area (Å²) in [6.07, 6.45) is 1.31.